The number of hydrogen-bond acceptors (Lipinski definition) is 6. The number of aliphatic hydroxyl groups is 1. The quantitative estimate of drug-likeness (QED) is 0.267. The third-order valence-corrected chi connectivity index (χ3v) is 5.61. The maximum Gasteiger partial charge on any atom is 0.295 e. The minimum absolute atomic E-state index is 0.0838. The average molecular weight is 436 g/mol. The lowest BCUT2D eigenvalue weighted by molar-refractivity contribution is -0.140. The molecule has 7 nitrogen and oxygen atoms in total. The van der Waals surface area contributed by atoms with E-state index in [0.717, 1.165) is 18.7 Å². The fourth-order valence-electron chi connectivity index (χ4n) is 3.81. The second kappa shape index (κ2) is 10.7. The van der Waals surface area contributed by atoms with Crippen molar-refractivity contribution in [2.75, 3.05) is 32.8 Å². The number of hydrogen-bond donors (Lipinski definition) is 1. The van der Waals surface area contributed by atoms with Gasteiger partial charge in [0.05, 0.1) is 11.6 Å². The molecule has 1 aromatic heterocycles. The summed E-state index contributed by atoms with van der Waals surface area (Å²) in [5, 5.41) is 11.0. The van der Waals surface area contributed by atoms with Gasteiger partial charge in [0, 0.05) is 31.0 Å². The second-order valence-electron chi connectivity index (χ2n) is 7.42. The van der Waals surface area contributed by atoms with Crippen molar-refractivity contribution in [1.82, 2.24) is 14.8 Å². The van der Waals surface area contributed by atoms with Gasteiger partial charge in [0.2, 0.25) is 0 Å². The van der Waals surface area contributed by atoms with Crippen LogP contribution in [0.5, 0.6) is 5.75 Å². The van der Waals surface area contributed by atoms with Gasteiger partial charge < -0.3 is 19.6 Å². The first kappa shape index (κ1) is 23.2. The van der Waals surface area contributed by atoms with Gasteiger partial charge in [0.1, 0.15) is 18.1 Å². The van der Waals surface area contributed by atoms with Gasteiger partial charge in [-0.1, -0.05) is 38.6 Å². The molecule has 168 valence electrons. The molecule has 1 saturated heterocycles. The van der Waals surface area contributed by atoms with Gasteiger partial charge in [0.25, 0.3) is 11.7 Å². The molecule has 2 aromatic rings. The highest BCUT2D eigenvalue weighted by molar-refractivity contribution is 6.46. The van der Waals surface area contributed by atoms with Crippen molar-refractivity contribution in [3.63, 3.8) is 0 Å². The SMILES string of the molecule is C=CCOc1ccc(C2/C(=C(\O)c3ccncc3)C(=O)C(=O)N2CCN(CC)CC)cc1. The van der Waals surface area contributed by atoms with E-state index in [1.807, 2.05) is 12.1 Å². The first-order valence-electron chi connectivity index (χ1n) is 10.8. The molecule has 32 heavy (non-hydrogen) atoms. The van der Waals surface area contributed by atoms with Gasteiger partial charge in [0.15, 0.2) is 0 Å². The van der Waals surface area contributed by atoms with E-state index in [1.54, 1.807) is 35.2 Å². The number of nitrogens with zero attached hydrogens (tertiary/aromatic N) is 3. The fraction of sp³-hybridized carbons (Fsp3) is 0.320. The number of amides is 1. The van der Waals surface area contributed by atoms with E-state index in [4.69, 9.17) is 4.74 Å². The van der Waals surface area contributed by atoms with Crippen LogP contribution in [0.15, 0.2) is 67.0 Å². The highest BCUT2D eigenvalue weighted by Crippen LogP contribution is 2.39. The molecule has 1 aliphatic heterocycles. The number of carbonyl (C=O) groups excluding carboxylic acids is 2. The number of likely N-dealkylation sites (tertiary alicyclic amines) is 1. The molecule has 1 amide bonds. The van der Waals surface area contributed by atoms with Gasteiger partial charge in [-0.25, -0.2) is 0 Å². The maximum absolute atomic E-state index is 13.0. The zero-order valence-corrected chi connectivity index (χ0v) is 18.5. The topological polar surface area (TPSA) is 83.0 Å². The number of pyridine rings is 1. The molecule has 1 fully saturated rings. The third-order valence-electron chi connectivity index (χ3n) is 5.61. The average Bonchev–Trinajstić information content (AvgIpc) is 3.08. The second-order valence-corrected chi connectivity index (χ2v) is 7.42. The molecule has 1 atom stereocenters. The van der Waals surface area contributed by atoms with E-state index in [1.165, 1.54) is 12.4 Å². The molecule has 0 saturated carbocycles. The Hall–Kier alpha value is -3.45. The van der Waals surface area contributed by atoms with Gasteiger partial charge in [-0.15, -0.1) is 0 Å². The van der Waals surface area contributed by atoms with Crippen LogP contribution >= 0.6 is 0 Å². The van der Waals surface area contributed by atoms with E-state index in [9.17, 15) is 14.7 Å². The first-order chi connectivity index (χ1) is 15.5. The number of benzene rings is 1. The zero-order chi connectivity index (χ0) is 23.1. The number of likely N-dealkylation sites (N-methyl/N-ethyl adjacent to an activating group) is 1. The first-order valence-corrected chi connectivity index (χ1v) is 10.8. The van der Waals surface area contributed by atoms with Crippen molar-refractivity contribution in [1.29, 1.82) is 0 Å². The third kappa shape index (κ3) is 4.89. The molecule has 1 aromatic carbocycles. The summed E-state index contributed by atoms with van der Waals surface area (Å²) in [6.45, 7) is 10.8. The summed E-state index contributed by atoms with van der Waals surface area (Å²) in [4.78, 5) is 33.7. The minimum Gasteiger partial charge on any atom is -0.507 e. The standard InChI is InChI=1S/C25H29N3O4/c1-4-17-32-20-9-7-18(8-10-20)22-21(23(29)19-11-13-26-14-12-19)24(30)25(31)28(22)16-15-27(5-2)6-3/h4,7-14,22,29H,1,5-6,15-17H2,2-3H3/b23-21+. The van der Waals surface area contributed by atoms with Crippen molar-refractivity contribution in [2.45, 2.75) is 19.9 Å². The van der Waals surface area contributed by atoms with E-state index in [-0.39, 0.29) is 11.3 Å². The van der Waals surface area contributed by atoms with Gasteiger partial charge >= 0.3 is 0 Å². The van der Waals surface area contributed by atoms with E-state index in [2.05, 4.69) is 30.3 Å². The van der Waals surface area contributed by atoms with E-state index in [0.29, 0.717) is 31.0 Å². The van der Waals surface area contributed by atoms with Crippen LogP contribution in [0.3, 0.4) is 0 Å². The van der Waals surface area contributed by atoms with Crippen molar-refractivity contribution in [3.05, 3.63) is 78.1 Å². The highest BCUT2D eigenvalue weighted by Gasteiger charge is 2.45. The maximum atomic E-state index is 13.0. The number of carbonyl (C=O) groups is 2. The van der Waals surface area contributed by atoms with Crippen LogP contribution in [0.2, 0.25) is 0 Å². The van der Waals surface area contributed by atoms with Gasteiger partial charge in [-0.3, -0.25) is 14.6 Å². The number of aromatic nitrogens is 1. The monoisotopic (exact) mass is 435 g/mol. The van der Waals surface area contributed by atoms with Crippen molar-refractivity contribution >= 4 is 17.4 Å². The number of aliphatic hydroxyl groups excluding tert-OH is 1. The van der Waals surface area contributed by atoms with Crippen LogP contribution in [0, 0.1) is 0 Å². The van der Waals surface area contributed by atoms with Gasteiger partial charge in [-0.05, 0) is 42.9 Å². The molecular weight excluding hydrogens is 406 g/mol. The molecule has 1 aliphatic rings. The van der Waals surface area contributed by atoms with Gasteiger partial charge in [-0.2, -0.15) is 0 Å². The molecule has 0 bridgehead atoms. The van der Waals surface area contributed by atoms with Crippen molar-refractivity contribution in [2.24, 2.45) is 0 Å². The smallest absolute Gasteiger partial charge is 0.295 e. The largest absolute Gasteiger partial charge is 0.507 e. The molecule has 2 heterocycles. The van der Waals surface area contributed by atoms with Crippen LogP contribution in [-0.2, 0) is 9.59 Å². The predicted octanol–water partition coefficient (Wildman–Crippen LogP) is 3.41. The van der Waals surface area contributed by atoms with Crippen LogP contribution in [0.4, 0.5) is 0 Å². The van der Waals surface area contributed by atoms with Crippen LogP contribution < -0.4 is 4.74 Å². The summed E-state index contributed by atoms with van der Waals surface area (Å²) in [6, 6.07) is 9.75. The molecule has 0 radical (unpaired) electrons. The Labute approximate surface area is 188 Å². The zero-order valence-electron chi connectivity index (χ0n) is 18.5. The lowest BCUT2D eigenvalue weighted by Crippen LogP contribution is -2.38. The lowest BCUT2D eigenvalue weighted by Gasteiger charge is -2.28. The number of ketones is 1. The van der Waals surface area contributed by atoms with Crippen LogP contribution in [0.25, 0.3) is 5.76 Å². The molecule has 0 spiro atoms. The Morgan fingerprint density at radius 2 is 1.81 bits per heavy atom. The van der Waals surface area contributed by atoms with E-state index < -0.39 is 17.7 Å². The molecular formula is C25H29N3O4. The number of rotatable bonds is 10. The Kier molecular flexibility index (Phi) is 7.78. The van der Waals surface area contributed by atoms with E-state index >= 15 is 0 Å². The highest BCUT2D eigenvalue weighted by atomic mass is 16.5. The lowest BCUT2D eigenvalue weighted by atomic mass is 9.95. The molecule has 1 unspecified atom stereocenters. The summed E-state index contributed by atoms with van der Waals surface area (Å²) in [7, 11) is 0. The summed E-state index contributed by atoms with van der Waals surface area (Å²) in [5.74, 6) is -0.837. The number of ether oxygens (including phenoxy) is 1. The van der Waals surface area contributed by atoms with Crippen molar-refractivity contribution < 1.29 is 19.4 Å². The molecule has 3 rings (SSSR count). The minimum atomic E-state index is -0.688. The molecule has 7 heteroatoms. The molecule has 0 aliphatic carbocycles. The Morgan fingerprint density at radius 3 is 2.41 bits per heavy atom. The Morgan fingerprint density at radius 1 is 1.16 bits per heavy atom. The number of Topliss-reactive ketones (excluding diaryl/α,β-unsaturated/α-hetero) is 1. The Balaban J connectivity index is 2.04. The summed E-state index contributed by atoms with van der Waals surface area (Å²) >= 11 is 0. The fourth-order valence-corrected chi connectivity index (χ4v) is 3.81. The predicted molar refractivity (Wildman–Crippen MR) is 123 cm³/mol. The van der Waals surface area contributed by atoms with Crippen LogP contribution in [0.1, 0.15) is 31.0 Å². The summed E-state index contributed by atoms with van der Waals surface area (Å²) in [5.41, 5.74) is 1.25. The Bertz CT molecular complexity index is 982. The molecule has 1 N–H and O–H groups in total. The van der Waals surface area contributed by atoms with Crippen LogP contribution in [-0.4, -0.2) is 64.4 Å². The van der Waals surface area contributed by atoms with Crippen molar-refractivity contribution in [3.8, 4) is 5.75 Å². The normalized spacial score (nSPS) is 17.7. The summed E-state index contributed by atoms with van der Waals surface area (Å²) < 4.78 is 5.55. The summed E-state index contributed by atoms with van der Waals surface area (Å²) in [6.07, 6.45) is 4.73.